The number of nitriles is 1. The van der Waals surface area contributed by atoms with Crippen molar-refractivity contribution in [2.75, 3.05) is 5.32 Å². The molecule has 90 valence electrons. The second-order valence-corrected chi connectivity index (χ2v) is 5.21. The van der Waals surface area contributed by atoms with Gasteiger partial charge in [0.05, 0.1) is 17.7 Å². The average molecular weight is 297 g/mol. The summed E-state index contributed by atoms with van der Waals surface area (Å²) >= 11 is 3.29. The summed E-state index contributed by atoms with van der Waals surface area (Å²) in [6, 6.07) is 7.41. The Morgan fingerprint density at radius 1 is 1.59 bits per heavy atom. The number of carboxylic acid groups (broad SMARTS) is 1. The standard InChI is InChI=1S/C12H13BrN2O2/c1-12(2,6-11(16)17)15-10-5-3-4-9(13)8(10)7-14/h3-5,15H,6H2,1-2H3,(H,16,17). The van der Waals surface area contributed by atoms with E-state index in [9.17, 15) is 4.79 Å². The highest BCUT2D eigenvalue weighted by Gasteiger charge is 2.22. The molecule has 0 aliphatic carbocycles. The molecule has 0 heterocycles. The van der Waals surface area contributed by atoms with Gasteiger partial charge in [-0.05, 0) is 41.9 Å². The first-order chi connectivity index (χ1) is 7.85. The van der Waals surface area contributed by atoms with Gasteiger partial charge < -0.3 is 10.4 Å². The van der Waals surface area contributed by atoms with E-state index in [0.717, 1.165) is 0 Å². The Morgan fingerprint density at radius 2 is 2.24 bits per heavy atom. The fourth-order valence-corrected chi connectivity index (χ4v) is 1.98. The first-order valence-corrected chi connectivity index (χ1v) is 5.83. The normalized spacial score (nSPS) is 10.7. The molecule has 0 aliphatic rings. The van der Waals surface area contributed by atoms with Gasteiger partial charge in [0.2, 0.25) is 0 Å². The van der Waals surface area contributed by atoms with Crippen molar-refractivity contribution in [1.29, 1.82) is 5.26 Å². The molecule has 0 fully saturated rings. The van der Waals surface area contributed by atoms with Crippen LogP contribution >= 0.6 is 15.9 Å². The molecule has 0 aromatic heterocycles. The number of rotatable bonds is 4. The molecular formula is C12H13BrN2O2. The molecule has 2 N–H and O–H groups in total. The van der Waals surface area contributed by atoms with Crippen molar-refractivity contribution in [1.82, 2.24) is 0 Å². The van der Waals surface area contributed by atoms with Crippen molar-refractivity contribution in [3.63, 3.8) is 0 Å². The molecule has 1 aromatic rings. The van der Waals surface area contributed by atoms with Crippen LogP contribution in [0.15, 0.2) is 22.7 Å². The Labute approximate surface area is 108 Å². The van der Waals surface area contributed by atoms with E-state index in [-0.39, 0.29) is 6.42 Å². The number of hydrogen-bond donors (Lipinski definition) is 2. The van der Waals surface area contributed by atoms with Gasteiger partial charge in [0.1, 0.15) is 6.07 Å². The number of halogens is 1. The first kappa shape index (κ1) is 13.5. The Hall–Kier alpha value is -1.54. The number of benzene rings is 1. The van der Waals surface area contributed by atoms with Crippen molar-refractivity contribution in [2.45, 2.75) is 25.8 Å². The van der Waals surface area contributed by atoms with Gasteiger partial charge in [-0.1, -0.05) is 6.07 Å². The monoisotopic (exact) mass is 296 g/mol. The molecule has 0 radical (unpaired) electrons. The van der Waals surface area contributed by atoms with Gasteiger partial charge >= 0.3 is 5.97 Å². The minimum atomic E-state index is -0.879. The summed E-state index contributed by atoms with van der Waals surface area (Å²) in [5.74, 6) is -0.879. The Kier molecular flexibility index (Phi) is 4.13. The van der Waals surface area contributed by atoms with Gasteiger partial charge in [-0.3, -0.25) is 4.79 Å². The van der Waals surface area contributed by atoms with Crippen molar-refractivity contribution >= 4 is 27.6 Å². The molecule has 0 spiro atoms. The van der Waals surface area contributed by atoms with Crippen LogP contribution in [-0.2, 0) is 4.79 Å². The molecule has 5 heteroatoms. The molecule has 4 nitrogen and oxygen atoms in total. The summed E-state index contributed by atoms with van der Waals surface area (Å²) in [4.78, 5) is 10.7. The van der Waals surface area contributed by atoms with E-state index in [0.29, 0.717) is 15.7 Å². The SMILES string of the molecule is CC(C)(CC(=O)O)Nc1cccc(Br)c1C#N. The number of aliphatic carboxylic acids is 1. The lowest BCUT2D eigenvalue weighted by Crippen LogP contribution is -2.33. The van der Waals surface area contributed by atoms with Crippen molar-refractivity contribution in [3.8, 4) is 6.07 Å². The lowest BCUT2D eigenvalue weighted by molar-refractivity contribution is -0.137. The maximum atomic E-state index is 10.7. The van der Waals surface area contributed by atoms with Crippen molar-refractivity contribution in [3.05, 3.63) is 28.2 Å². The van der Waals surface area contributed by atoms with Gasteiger partial charge in [-0.2, -0.15) is 5.26 Å². The quantitative estimate of drug-likeness (QED) is 0.896. The zero-order chi connectivity index (χ0) is 13.1. The maximum absolute atomic E-state index is 10.7. The minimum absolute atomic E-state index is 0.0234. The molecule has 0 saturated heterocycles. The van der Waals surface area contributed by atoms with Crippen molar-refractivity contribution < 1.29 is 9.90 Å². The summed E-state index contributed by atoms with van der Waals surface area (Å²) in [5, 5.41) is 20.9. The van der Waals surface area contributed by atoms with E-state index in [1.54, 1.807) is 32.0 Å². The van der Waals surface area contributed by atoms with E-state index < -0.39 is 11.5 Å². The molecule has 1 rings (SSSR count). The minimum Gasteiger partial charge on any atom is -0.481 e. The predicted molar refractivity (Wildman–Crippen MR) is 68.8 cm³/mol. The zero-order valence-electron chi connectivity index (χ0n) is 9.62. The van der Waals surface area contributed by atoms with E-state index in [4.69, 9.17) is 10.4 Å². The highest BCUT2D eigenvalue weighted by Crippen LogP contribution is 2.27. The van der Waals surface area contributed by atoms with Crippen LogP contribution in [0, 0.1) is 11.3 Å². The van der Waals surface area contributed by atoms with Crippen LogP contribution < -0.4 is 5.32 Å². The van der Waals surface area contributed by atoms with E-state index >= 15 is 0 Å². The lowest BCUT2D eigenvalue weighted by Gasteiger charge is -2.26. The van der Waals surface area contributed by atoms with Crippen LogP contribution in [0.1, 0.15) is 25.8 Å². The van der Waals surface area contributed by atoms with Crippen LogP contribution in [0.4, 0.5) is 5.69 Å². The van der Waals surface area contributed by atoms with Crippen LogP contribution in [0.3, 0.4) is 0 Å². The first-order valence-electron chi connectivity index (χ1n) is 5.04. The Balaban J connectivity index is 3.00. The fraction of sp³-hybridized carbons (Fsp3) is 0.333. The molecule has 1 aromatic carbocycles. The fourth-order valence-electron chi connectivity index (χ4n) is 1.53. The lowest BCUT2D eigenvalue weighted by atomic mass is 9.99. The molecule has 0 amide bonds. The zero-order valence-corrected chi connectivity index (χ0v) is 11.2. The molecule has 17 heavy (non-hydrogen) atoms. The number of nitrogens with zero attached hydrogens (tertiary/aromatic N) is 1. The molecular weight excluding hydrogens is 284 g/mol. The van der Waals surface area contributed by atoms with Crippen LogP contribution in [0.2, 0.25) is 0 Å². The van der Waals surface area contributed by atoms with Gasteiger partial charge in [0.25, 0.3) is 0 Å². The average Bonchev–Trinajstić information content (AvgIpc) is 2.14. The third-order valence-corrected chi connectivity index (χ3v) is 2.85. The molecule has 0 bridgehead atoms. The predicted octanol–water partition coefficient (Wildman–Crippen LogP) is 2.99. The highest BCUT2D eigenvalue weighted by molar-refractivity contribution is 9.10. The van der Waals surface area contributed by atoms with Crippen molar-refractivity contribution in [2.24, 2.45) is 0 Å². The number of nitrogens with one attached hydrogen (secondary N) is 1. The second-order valence-electron chi connectivity index (χ2n) is 4.35. The summed E-state index contributed by atoms with van der Waals surface area (Å²) in [6.45, 7) is 3.56. The summed E-state index contributed by atoms with van der Waals surface area (Å²) < 4.78 is 0.691. The Morgan fingerprint density at radius 3 is 2.76 bits per heavy atom. The Bertz CT molecular complexity index is 478. The van der Waals surface area contributed by atoms with Gasteiger partial charge in [0.15, 0.2) is 0 Å². The molecule has 0 atom stereocenters. The summed E-state index contributed by atoms with van der Waals surface area (Å²) in [5.41, 5.74) is 0.497. The number of carbonyl (C=O) groups is 1. The summed E-state index contributed by atoms with van der Waals surface area (Å²) in [7, 11) is 0. The topological polar surface area (TPSA) is 73.1 Å². The molecule has 0 unspecified atom stereocenters. The second kappa shape index (κ2) is 5.19. The maximum Gasteiger partial charge on any atom is 0.305 e. The smallest absolute Gasteiger partial charge is 0.305 e. The van der Waals surface area contributed by atoms with E-state index in [1.807, 2.05) is 0 Å². The van der Waals surface area contributed by atoms with E-state index in [1.165, 1.54) is 0 Å². The molecule has 0 saturated carbocycles. The number of carboxylic acids is 1. The largest absolute Gasteiger partial charge is 0.481 e. The third-order valence-electron chi connectivity index (χ3n) is 2.19. The van der Waals surface area contributed by atoms with Crippen LogP contribution in [-0.4, -0.2) is 16.6 Å². The summed E-state index contributed by atoms with van der Waals surface area (Å²) in [6.07, 6.45) is -0.0234. The van der Waals surface area contributed by atoms with Gasteiger partial charge in [0, 0.05) is 10.0 Å². The number of hydrogen-bond acceptors (Lipinski definition) is 3. The van der Waals surface area contributed by atoms with Gasteiger partial charge in [-0.25, -0.2) is 0 Å². The van der Waals surface area contributed by atoms with Crippen LogP contribution in [0.5, 0.6) is 0 Å². The van der Waals surface area contributed by atoms with E-state index in [2.05, 4.69) is 27.3 Å². The highest BCUT2D eigenvalue weighted by atomic mass is 79.9. The number of anilines is 1. The van der Waals surface area contributed by atoms with Crippen LogP contribution in [0.25, 0.3) is 0 Å². The molecule has 0 aliphatic heterocycles. The third kappa shape index (κ3) is 3.75. The van der Waals surface area contributed by atoms with Gasteiger partial charge in [-0.15, -0.1) is 0 Å².